The van der Waals surface area contributed by atoms with Gasteiger partial charge in [0.2, 0.25) is 0 Å². The van der Waals surface area contributed by atoms with Crippen molar-refractivity contribution in [2.45, 2.75) is 103 Å². The lowest BCUT2D eigenvalue weighted by Gasteiger charge is -2.37. The highest BCUT2D eigenvalue weighted by Gasteiger charge is 2.30. The molecule has 1 heteroatoms. The van der Waals surface area contributed by atoms with Crippen LogP contribution in [0.5, 0.6) is 0 Å². The van der Waals surface area contributed by atoms with Gasteiger partial charge < -0.3 is 5.11 Å². The van der Waals surface area contributed by atoms with Gasteiger partial charge in [-0.3, -0.25) is 0 Å². The second kappa shape index (κ2) is 10.7. The summed E-state index contributed by atoms with van der Waals surface area (Å²) in [5.41, 5.74) is 0. The van der Waals surface area contributed by atoms with Gasteiger partial charge in [0.25, 0.3) is 0 Å². The predicted molar refractivity (Wildman–Crippen MR) is 96.0 cm³/mol. The topological polar surface area (TPSA) is 20.2 Å². The summed E-state index contributed by atoms with van der Waals surface area (Å²) in [6, 6.07) is 0. The van der Waals surface area contributed by atoms with Crippen molar-refractivity contribution in [2.75, 3.05) is 6.61 Å². The standard InChI is InChI=1S/C21H40O/c1-2-3-4-5-6-7-8-18-9-13-20(14-10-18)21-15-11-19(17-22)12-16-21/h18-22H,2-17H2,1H3. The molecule has 0 unspecified atom stereocenters. The molecule has 2 rings (SSSR count). The van der Waals surface area contributed by atoms with Crippen molar-refractivity contribution in [1.29, 1.82) is 0 Å². The van der Waals surface area contributed by atoms with Crippen LogP contribution in [0, 0.1) is 23.7 Å². The molecule has 0 aromatic rings. The van der Waals surface area contributed by atoms with Gasteiger partial charge in [0, 0.05) is 6.61 Å². The second-order valence-corrected chi connectivity index (χ2v) is 8.30. The predicted octanol–water partition coefficient (Wildman–Crippen LogP) is 6.34. The summed E-state index contributed by atoms with van der Waals surface area (Å²) >= 11 is 0. The zero-order valence-corrected chi connectivity index (χ0v) is 15.1. The molecule has 0 aromatic heterocycles. The van der Waals surface area contributed by atoms with E-state index in [2.05, 4.69) is 6.92 Å². The molecule has 0 radical (unpaired) electrons. The van der Waals surface area contributed by atoms with Gasteiger partial charge in [0.1, 0.15) is 0 Å². The molecule has 130 valence electrons. The van der Waals surface area contributed by atoms with Gasteiger partial charge in [0.15, 0.2) is 0 Å². The first-order valence-corrected chi connectivity index (χ1v) is 10.4. The summed E-state index contributed by atoms with van der Waals surface area (Å²) < 4.78 is 0. The highest BCUT2D eigenvalue weighted by atomic mass is 16.3. The highest BCUT2D eigenvalue weighted by Crippen LogP contribution is 2.42. The average molecular weight is 309 g/mol. The smallest absolute Gasteiger partial charge is 0.0459 e. The van der Waals surface area contributed by atoms with E-state index in [9.17, 15) is 5.11 Å². The third kappa shape index (κ3) is 6.22. The molecule has 2 aliphatic rings. The summed E-state index contributed by atoms with van der Waals surface area (Å²) in [6.07, 6.45) is 21.6. The molecule has 0 atom stereocenters. The average Bonchev–Trinajstić information content (AvgIpc) is 2.59. The molecule has 2 fully saturated rings. The van der Waals surface area contributed by atoms with Crippen LogP contribution in [0.2, 0.25) is 0 Å². The van der Waals surface area contributed by atoms with Crippen molar-refractivity contribution in [2.24, 2.45) is 23.7 Å². The maximum Gasteiger partial charge on any atom is 0.0459 e. The first-order chi connectivity index (χ1) is 10.8. The fourth-order valence-corrected chi connectivity index (χ4v) is 5.00. The number of unbranched alkanes of at least 4 members (excludes halogenated alkanes) is 5. The molecule has 1 nitrogen and oxygen atoms in total. The summed E-state index contributed by atoms with van der Waals surface area (Å²) in [5.74, 6) is 3.70. The van der Waals surface area contributed by atoms with Crippen LogP contribution >= 0.6 is 0 Å². The van der Waals surface area contributed by atoms with E-state index in [0.717, 1.165) is 17.8 Å². The molecule has 0 bridgehead atoms. The van der Waals surface area contributed by atoms with E-state index < -0.39 is 0 Å². The van der Waals surface area contributed by atoms with Crippen LogP contribution in [0.1, 0.15) is 103 Å². The van der Waals surface area contributed by atoms with E-state index in [4.69, 9.17) is 0 Å². The van der Waals surface area contributed by atoms with Gasteiger partial charge in [-0.15, -0.1) is 0 Å². The third-order valence-corrected chi connectivity index (χ3v) is 6.67. The first-order valence-electron chi connectivity index (χ1n) is 10.4. The van der Waals surface area contributed by atoms with E-state index >= 15 is 0 Å². The Morgan fingerprint density at radius 2 is 1.14 bits per heavy atom. The molecular weight excluding hydrogens is 268 g/mol. The molecule has 0 heterocycles. The summed E-state index contributed by atoms with van der Waals surface area (Å²) in [6.45, 7) is 2.73. The maximum atomic E-state index is 9.27. The van der Waals surface area contributed by atoms with E-state index in [1.807, 2.05) is 0 Å². The molecule has 0 amide bonds. The van der Waals surface area contributed by atoms with Crippen molar-refractivity contribution in [1.82, 2.24) is 0 Å². The summed E-state index contributed by atoms with van der Waals surface area (Å²) in [4.78, 5) is 0. The summed E-state index contributed by atoms with van der Waals surface area (Å²) in [5, 5.41) is 9.27. The van der Waals surface area contributed by atoms with E-state index in [1.165, 1.54) is 96.3 Å². The minimum absolute atomic E-state index is 0.428. The largest absolute Gasteiger partial charge is 0.396 e. The number of aliphatic hydroxyl groups excluding tert-OH is 1. The molecule has 2 aliphatic carbocycles. The molecular formula is C21H40O. The number of hydrogen-bond acceptors (Lipinski definition) is 1. The van der Waals surface area contributed by atoms with Gasteiger partial charge in [-0.05, 0) is 62.2 Å². The Balaban J connectivity index is 1.52. The van der Waals surface area contributed by atoms with Crippen LogP contribution < -0.4 is 0 Å². The highest BCUT2D eigenvalue weighted by molar-refractivity contribution is 4.81. The van der Waals surface area contributed by atoms with Crippen molar-refractivity contribution in [3.63, 3.8) is 0 Å². The van der Waals surface area contributed by atoms with Gasteiger partial charge in [-0.25, -0.2) is 0 Å². The fraction of sp³-hybridized carbons (Fsp3) is 1.00. The molecule has 22 heavy (non-hydrogen) atoms. The molecule has 1 N–H and O–H groups in total. The minimum Gasteiger partial charge on any atom is -0.396 e. The number of rotatable bonds is 9. The molecule has 0 aromatic carbocycles. The van der Waals surface area contributed by atoms with Gasteiger partial charge in [-0.2, -0.15) is 0 Å². The fourth-order valence-electron chi connectivity index (χ4n) is 5.00. The van der Waals surface area contributed by atoms with Crippen LogP contribution in [0.3, 0.4) is 0 Å². The quantitative estimate of drug-likeness (QED) is 0.493. The Hall–Kier alpha value is -0.0400. The lowest BCUT2D eigenvalue weighted by molar-refractivity contribution is 0.115. The van der Waals surface area contributed by atoms with E-state index in [1.54, 1.807) is 0 Å². The maximum absolute atomic E-state index is 9.27. The monoisotopic (exact) mass is 308 g/mol. The van der Waals surface area contributed by atoms with Crippen LogP contribution in [0.4, 0.5) is 0 Å². The van der Waals surface area contributed by atoms with Gasteiger partial charge in [0.05, 0.1) is 0 Å². The Kier molecular flexibility index (Phi) is 8.89. The second-order valence-electron chi connectivity index (χ2n) is 8.30. The lowest BCUT2D eigenvalue weighted by Crippen LogP contribution is -2.26. The lowest BCUT2D eigenvalue weighted by atomic mass is 9.69. The Labute approximate surface area is 139 Å². The van der Waals surface area contributed by atoms with Gasteiger partial charge in [-0.1, -0.05) is 64.7 Å². The SMILES string of the molecule is CCCCCCCCC1CCC(C2CCC(CO)CC2)CC1. The van der Waals surface area contributed by atoms with Crippen molar-refractivity contribution in [3.8, 4) is 0 Å². The zero-order chi connectivity index (χ0) is 15.6. The van der Waals surface area contributed by atoms with Crippen LogP contribution in [0.25, 0.3) is 0 Å². The zero-order valence-electron chi connectivity index (χ0n) is 15.1. The van der Waals surface area contributed by atoms with Crippen LogP contribution in [-0.2, 0) is 0 Å². The normalized spacial score (nSPS) is 33.0. The summed E-state index contributed by atoms with van der Waals surface area (Å²) in [7, 11) is 0. The molecule has 0 spiro atoms. The Morgan fingerprint density at radius 1 is 0.636 bits per heavy atom. The third-order valence-electron chi connectivity index (χ3n) is 6.67. The van der Waals surface area contributed by atoms with Gasteiger partial charge >= 0.3 is 0 Å². The number of aliphatic hydroxyl groups is 1. The van der Waals surface area contributed by atoms with E-state index in [0.29, 0.717) is 12.5 Å². The number of hydrogen-bond donors (Lipinski definition) is 1. The first kappa shape index (κ1) is 18.3. The van der Waals surface area contributed by atoms with Crippen LogP contribution in [-0.4, -0.2) is 11.7 Å². The molecule has 2 saturated carbocycles. The Bertz CT molecular complexity index is 259. The van der Waals surface area contributed by atoms with E-state index in [-0.39, 0.29) is 0 Å². The van der Waals surface area contributed by atoms with Crippen molar-refractivity contribution in [3.05, 3.63) is 0 Å². The minimum atomic E-state index is 0.428. The van der Waals surface area contributed by atoms with Crippen LogP contribution in [0.15, 0.2) is 0 Å². The molecule has 0 saturated heterocycles. The molecule has 0 aliphatic heterocycles. The Morgan fingerprint density at radius 3 is 1.68 bits per heavy atom. The van der Waals surface area contributed by atoms with Crippen molar-refractivity contribution < 1.29 is 5.11 Å². The van der Waals surface area contributed by atoms with Crippen molar-refractivity contribution >= 4 is 0 Å².